The molecule has 0 bridgehead atoms. The Kier molecular flexibility index (Phi) is 3.89. The Morgan fingerprint density at radius 3 is 2.76 bits per heavy atom. The number of rotatable bonds is 3. The van der Waals surface area contributed by atoms with Gasteiger partial charge in [0, 0.05) is 11.8 Å². The van der Waals surface area contributed by atoms with Crippen LogP contribution in [0.1, 0.15) is 5.56 Å². The van der Waals surface area contributed by atoms with E-state index >= 15 is 0 Å². The van der Waals surface area contributed by atoms with Crippen molar-refractivity contribution in [3.8, 4) is 11.3 Å². The van der Waals surface area contributed by atoms with Gasteiger partial charge in [0.05, 0.1) is 16.6 Å². The molecule has 0 fully saturated rings. The molecule has 0 aliphatic heterocycles. The largest absolute Gasteiger partial charge is 0.396 e. The van der Waals surface area contributed by atoms with E-state index in [1.54, 1.807) is 23.0 Å². The van der Waals surface area contributed by atoms with Gasteiger partial charge in [-0.25, -0.2) is 4.39 Å². The Hall–Kier alpha value is -1.56. The average molecular weight is 342 g/mol. The van der Waals surface area contributed by atoms with Gasteiger partial charge in [-0.15, -0.1) is 11.3 Å². The third-order valence-corrected chi connectivity index (χ3v) is 4.42. The zero-order chi connectivity index (χ0) is 15.0. The lowest BCUT2D eigenvalue weighted by atomic mass is 10.2. The maximum Gasteiger partial charge on any atom is 0.123 e. The van der Waals surface area contributed by atoms with Crippen LogP contribution < -0.4 is 5.73 Å². The topological polar surface area (TPSA) is 43.8 Å². The smallest absolute Gasteiger partial charge is 0.123 e. The summed E-state index contributed by atoms with van der Waals surface area (Å²) in [6, 6.07) is 8.09. The Balaban J connectivity index is 1.93. The Bertz CT molecular complexity index is 797. The molecule has 3 aromatic rings. The number of nitrogens with zero attached hydrogens (tertiary/aromatic N) is 2. The second kappa shape index (κ2) is 5.67. The molecule has 3 rings (SSSR count). The predicted molar refractivity (Wildman–Crippen MR) is 85.5 cm³/mol. The van der Waals surface area contributed by atoms with Gasteiger partial charge in [-0.1, -0.05) is 35.3 Å². The molecule has 1 aromatic carbocycles. The van der Waals surface area contributed by atoms with Gasteiger partial charge in [-0.05, 0) is 23.8 Å². The molecule has 2 aromatic heterocycles. The number of hydrogen-bond acceptors (Lipinski definition) is 3. The number of hydrogen-bond donors (Lipinski definition) is 1. The minimum absolute atomic E-state index is 0.277. The first-order chi connectivity index (χ1) is 10.0. The summed E-state index contributed by atoms with van der Waals surface area (Å²) in [6.07, 6.45) is 1.70. The molecule has 0 radical (unpaired) electrons. The molecular formula is C14H10Cl2FN3S. The predicted octanol–water partition coefficient (Wildman–Crippen LogP) is 4.69. The van der Waals surface area contributed by atoms with Crippen LogP contribution in [-0.4, -0.2) is 9.78 Å². The first-order valence-electron chi connectivity index (χ1n) is 6.05. The molecule has 0 saturated heterocycles. The molecule has 2 heterocycles. The van der Waals surface area contributed by atoms with E-state index in [4.69, 9.17) is 28.9 Å². The van der Waals surface area contributed by atoms with E-state index in [0.29, 0.717) is 32.2 Å². The van der Waals surface area contributed by atoms with Crippen LogP contribution in [0.4, 0.5) is 10.1 Å². The Morgan fingerprint density at radius 2 is 2.10 bits per heavy atom. The lowest BCUT2D eigenvalue weighted by molar-refractivity contribution is 0.619. The lowest BCUT2D eigenvalue weighted by Gasteiger charge is -2.01. The van der Waals surface area contributed by atoms with Gasteiger partial charge in [-0.3, -0.25) is 4.68 Å². The first kappa shape index (κ1) is 14.4. The van der Waals surface area contributed by atoms with E-state index in [-0.39, 0.29) is 5.82 Å². The van der Waals surface area contributed by atoms with E-state index in [0.717, 1.165) is 5.56 Å². The van der Waals surface area contributed by atoms with Crippen LogP contribution >= 0.6 is 34.5 Å². The summed E-state index contributed by atoms with van der Waals surface area (Å²) in [7, 11) is 0. The van der Waals surface area contributed by atoms with Crippen molar-refractivity contribution < 1.29 is 4.39 Å². The molecule has 3 nitrogen and oxygen atoms in total. The average Bonchev–Trinajstić information content (AvgIpc) is 2.92. The van der Waals surface area contributed by atoms with Crippen LogP contribution in [-0.2, 0) is 6.54 Å². The van der Waals surface area contributed by atoms with Crippen molar-refractivity contribution in [1.29, 1.82) is 0 Å². The number of thiophene rings is 1. The maximum atomic E-state index is 13.2. The molecule has 2 N–H and O–H groups in total. The summed E-state index contributed by atoms with van der Waals surface area (Å²) in [5, 5.41) is 4.41. The normalized spacial score (nSPS) is 11.0. The van der Waals surface area contributed by atoms with Gasteiger partial charge in [0.2, 0.25) is 0 Å². The molecule has 0 unspecified atom stereocenters. The van der Waals surface area contributed by atoms with Gasteiger partial charge in [0.15, 0.2) is 0 Å². The first-order valence-corrected chi connectivity index (χ1v) is 7.63. The van der Waals surface area contributed by atoms with Crippen molar-refractivity contribution in [3.63, 3.8) is 0 Å². The van der Waals surface area contributed by atoms with Gasteiger partial charge >= 0.3 is 0 Å². The summed E-state index contributed by atoms with van der Waals surface area (Å²) in [6.45, 7) is 0.428. The van der Waals surface area contributed by atoms with E-state index in [2.05, 4.69) is 5.10 Å². The van der Waals surface area contributed by atoms with Gasteiger partial charge in [-0.2, -0.15) is 5.10 Å². The highest BCUT2D eigenvalue weighted by atomic mass is 35.5. The standard InChI is InChI=1S/C14H10Cl2FN3S/c15-12-5-10(14(16)21-12)13-11(18)7-20(19-13)6-8-2-1-3-9(17)4-8/h1-5,7H,6,18H2. The van der Waals surface area contributed by atoms with Crippen LogP contribution in [0, 0.1) is 5.82 Å². The van der Waals surface area contributed by atoms with Crippen molar-refractivity contribution in [3.05, 3.63) is 56.6 Å². The maximum absolute atomic E-state index is 13.2. The summed E-state index contributed by atoms with van der Waals surface area (Å²) < 4.78 is 16.0. The Labute approximate surface area is 134 Å². The number of halogens is 3. The van der Waals surface area contributed by atoms with Gasteiger partial charge in [0.1, 0.15) is 15.8 Å². The SMILES string of the molecule is Nc1cn(Cc2cccc(F)c2)nc1-c1cc(Cl)sc1Cl. The fourth-order valence-electron chi connectivity index (χ4n) is 2.05. The van der Waals surface area contributed by atoms with Crippen molar-refractivity contribution in [1.82, 2.24) is 9.78 Å². The highest BCUT2D eigenvalue weighted by Gasteiger charge is 2.15. The minimum Gasteiger partial charge on any atom is -0.396 e. The number of anilines is 1. The fraction of sp³-hybridized carbons (Fsp3) is 0.0714. The van der Waals surface area contributed by atoms with Crippen LogP contribution in [0.25, 0.3) is 11.3 Å². The van der Waals surface area contributed by atoms with Gasteiger partial charge in [0.25, 0.3) is 0 Å². The molecule has 0 aliphatic carbocycles. The van der Waals surface area contributed by atoms with Crippen molar-refractivity contribution in [2.45, 2.75) is 6.54 Å². The third-order valence-electron chi connectivity index (χ3n) is 2.94. The summed E-state index contributed by atoms with van der Waals surface area (Å²) in [4.78, 5) is 0. The second-order valence-corrected chi connectivity index (χ2v) is 6.78. The third kappa shape index (κ3) is 3.05. The molecule has 108 valence electrons. The number of nitrogen functional groups attached to an aromatic ring is 1. The molecule has 0 atom stereocenters. The molecule has 7 heteroatoms. The molecule has 0 amide bonds. The quantitative estimate of drug-likeness (QED) is 0.751. The molecule has 21 heavy (non-hydrogen) atoms. The zero-order valence-corrected chi connectivity index (χ0v) is 13.0. The molecular weight excluding hydrogens is 332 g/mol. The van der Waals surface area contributed by atoms with Crippen LogP contribution in [0.3, 0.4) is 0 Å². The zero-order valence-electron chi connectivity index (χ0n) is 10.7. The summed E-state index contributed by atoms with van der Waals surface area (Å²) in [5.41, 5.74) is 8.58. The molecule has 0 aliphatic rings. The van der Waals surface area contributed by atoms with Crippen molar-refractivity contribution in [2.24, 2.45) is 0 Å². The summed E-state index contributed by atoms with van der Waals surface area (Å²) >= 11 is 13.3. The number of nitrogens with two attached hydrogens (primary N) is 1. The number of aromatic nitrogens is 2. The van der Waals surface area contributed by atoms with Crippen LogP contribution in [0.5, 0.6) is 0 Å². The van der Waals surface area contributed by atoms with E-state index in [1.807, 2.05) is 6.07 Å². The van der Waals surface area contributed by atoms with Crippen molar-refractivity contribution >= 4 is 40.2 Å². The van der Waals surface area contributed by atoms with E-state index < -0.39 is 0 Å². The number of benzene rings is 1. The second-order valence-electron chi connectivity index (χ2n) is 4.50. The van der Waals surface area contributed by atoms with Crippen LogP contribution in [0.15, 0.2) is 36.5 Å². The molecule has 0 saturated carbocycles. The van der Waals surface area contributed by atoms with E-state index in [1.165, 1.54) is 23.5 Å². The minimum atomic E-state index is -0.277. The van der Waals surface area contributed by atoms with Crippen LogP contribution in [0.2, 0.25) is 8.67 Å². The monoisotopic (exact) mass is 341 g/mol. The summed E-state index contributed by atoms with van der Waals surface area (Å²) in [5.74, 6) is -0.277. The highest BCUT2D eigenvalue weighted by molar-refractivity contribution is 7.20. The van der Waals surface area contributed by atoms with Gasteiger partial charge < -0.3 is 5.73 Å². The Morgan fingerprint density at radius 1 is 1.29 bits per heavy atom. The highest BCUT2D eigenvalue weighted by Crippen LogP contribution is 2.39. The fourth-order valence-corrected chi connectivity index (χ4v) is 3.52. The van der Waals surface area contributed by atoms with Crippen molar-refractivity contribution in [2.75, 3.05) is 5.73 Å². The lowest BCUT2D eigenvalue weighted by Crippen LogP contribution is -2.00. The molecule has 0 spiro atoms. The van der Waals surface area contributed by atoms with E-state index in [9.17, 15) is 4.39 Å².